The number of benzene rings is 2. The van der Waals surface area contributed by atoms with Gasteiger partial charge in [-0.05, 0) is 31.0 Å². The Morgan fingerprint density at radius 3 is 2.50 bits per heavy atom. The normalized spacial score (nSPS) is 15.8. The molecule has 2 aliphatic rings. The second-order valence-corrected chi connectivity index (χ2v) is 8.68. The average molecular weight is 497 g/mol. The van der Waals surface area contributed by atoms with Crippen molar-refractivity contribution in [1.29, 1.82) is 0 Å². The first kappa shape index (κ1) is 25.1. The molecule has 2 aromatic carbocycles. The lowest BCUT2D eigenvalue weighted by Crippen LogP contribution is -2.37. The number of esters is 1. The highest BCUT2D eigenvalue weighted by molar-refractivity contribution is 6.05. The minimum Gasteiger partial charge on any atom is -0.452 e. The summed E-state index contributed by atoms with van der Waals surface area (Å²) in [6.45, 7) is 1.32. The number of nitro benzene ring substituents is 1. The second kappa shape index (κ2) is 11.6. The van der Waals surface area contributed by atoms with Crippen molar-refractivity contribution in [1.82, 2.24) is 5.32 Å². The predicted molar refractivity (Wildman–Crippen MR) is 131 cm³/mol. The van der Waals surface area contributed by atoms with E-state index in [1.54, 1.807) is 24.3 Å². The van der Waals surface area contributed by atoms with Gasteiger partial charge in [0.1, 0.15) is 0 Å². The summed E-state index contributed by atoms with van der Waals surface area (Å²) in [5, 5.41) is 16.9. The van der Waals surface area contributed by atoms with Crippen LogP contribution in [0.5, 0.6) is 0 Å². The molecule has 0 aromatic heterocycles. The number of nitrogens with one attached hydrogen (secondary N) is 2. The van der Waals surface area contributed by atoms with Gasteiger partial charge in [-0.2, -0.15) is 0 Å². The lowest BCUT2D eigenvalue weighted by Gasteiger charge is -2.30. The summed E-state index contributed by atoms with van der Waals surface area (Å²) in [5.74, 6) is -1.77. The van der Waals surface area contributed by atoms with Gasteiger partial charge < -0.3 is 25.0 Å². The molecule has 0 unspecified atom stereocenters. The van der Waals surface area contributed by atoms with E-state index < -0.39 is 23.4 Å². The fraction of sp³-hybridized carbons (Fsp3) is 0.400. The third-order valence-electron chi connectivity index (χ3n) is 6.23. The standard InChI is InChI=1S/C25H28N4O7/c30-23(27-21-8-4-3-7-19(21)24(31)26-17-5-1-2-6-17)16-36-25(32)20-15-18(29(33)34)9-10-22(20)28-11-13-35-14-12-28/h3-4,7-10,15,17H,1-2,5-6,11-14,16H2,(H,26,31)(H,27,30). The quantitative estimate of drug-likeness (QED) is 0.323. The van der Waals surface area contributed by atoms with Crippen LogP contribution in [0, 0.1) is 10.1 Å². The zero-order chi connectivity index (χ0) is 25.5. The lowest BCUT2D eigenvalue weighted by molar-refractivity contribution is -0.384. The van der Waals surface area contributed by atoms with Crippen LogP contribution in [0.2, 0.25) is 0 Å². The van der Waals surface area contributed by atoms with Gasteiger partial charge in [-0.1, -0.05) is 25.0 Å². The number of morpholine rings is 1. The van der Waals surface area contributed by atoms with E-state index in [1.165, 1.54) is 12.1 Å². The number of amides is 2. The van der Waals surface area contributed by atoms with E-state index in [0.717, 1.165) is 31.7 Å². The van der Waals surface area contributed by atoms with Crippen molar-refractivity contribution < 1.29 is 28.8 Å². The van der Waals surface area contributed by atoms with Crippen molar-refractivity contribution in [2.24, 2.45) is 0 Å². The highest BCUT2D eigenvalue weighted by Crippen LogP contribution is 2.27. The summed E-state index contributed by atoms with van der Waals surface area (Å²) in [6.07, 6.45) is 4.01. The van der Waals surface area contributed by atoms with Gasteiger partial charge in [-0.15, -0.1) is 0 Å². The Balaban J connectivity index is 1.42. The maximum absolute atomic E-state index is 12.9. The van der Waals surface area contributed by atoms with E-state index in [9.17, 15) is 24.5 Å². The number of hydrogen-bond acceptors (Lipinski definition) is 8. The van der Waals surface area contributed by atoms with Crippen molar-refractivity contribution in [3.05, 3.63) is 63.7 Å². The van der Waals surface area contributed by atoms with Crippen molar-refractivity contribution >= 4 is 34.8 Å². The number of anilines is 2. The number of rotatable bonds is 8. The average Bonchev–Trinajstić information content (AvgIpc) is 3.40. The third kappa shape index (κ3) is 6.16. The number of nitro groups is 1. The van der Waals surface area contributed by atoms with Crippen LogP contribution in [-0.2, 0) is 14.3 Å². The Kier molecular flexibility index (Phi) is 8.11. The van der Waals surface area contributed by atoms with Crippen LogP contribution >= 0.6 is 0 Å². The van der Waals surface area contributed by atoms with Gasteiger partial charge in [-0.3, -0.25) is 19.7 Å². The molecule has 1 saturated carbocycles. The summed E-state index contributed by atoms with van der Waals surface area (Å²) in [5.41, 5.74) is 0.833. The molecule has 1 saturated heterocycles. The van der Waals surface area contributed by atoms with E-state index in [-0.39, 0.29) is 23.2 Å². The van der Waals surface area contributed by atoms with Crippen LogP contribution in [0.3, 0.4) is 0 Å². The van der Waals surface area contributed by atoms with Crippen molar-refractivity contribution in [2.75, 3.05) is 43.1 Å². The van der Waals surface area contributed by atoms with Crippen LogP contribution in [0.25, 0.3) is 0 Å². The molecule has 2 aromatic rings. The van der Waals surface area contributed by atoms with Gasteiger partial charge in [0.25, 0.3) is 17.5 Å². The lowest BCUT2D eigenvalue weighted by atomic mass is 10.1. The minimum atomic E-state index is -0.859. The Bertz CT molecular complexity index is 1140. The Labute approximate surface area is 207 Å². The summed E-state index contributed by atoms with van der Waals surface area (Å²) >= 11 is 0. The molecular weight excluding hydrogens is 468 g/mol. The molecule has 1 aliphatic heterocycles. The summed E-state index contributed by atoms with van der Waals surface area (Å²) in [6, 6.07) is 10.7. The van der Waals surface area contributed by atoms with Crippen LogP contribution < -0.4 is 15.5 Å². The van der Waals surface area contributed by atoms with Gasteiger partial charge >= 0.3 is 5.97 Å². The van der Waals surface area contributed by atoms with Crippen LogP contribution in [0.4, 0.5) is 17.1 Å². The topological polar surface area (TPSA) is 140 Å². The van der Waals surface area contributed by atoms with E-state index in [2.05, 4.69) is 10.6 Å². The zero-order valence-electron chi connectivity index (χ0n) is 19.7. The number of carbonyl (C=O) groups is 3. The molecule has 0 spiro atoms. The zero-order valence-corrected chi connectivity index (χ0v) is 19.7. The first-order valence-corrected chi connectivity index (χ1v) is 11.9. The molecule has 2 fully saturated rings. The number of non-ortho nitro benzene ring substituents is 1. The van der Waals surface area contributed by atoms with Gasteiger partial charge in [0, 0.05) is 31.3 Å². The van der Waals surface area contributed by atoms with Gasteiger partial charge in [0.05, 0.1) is 40.6 Å². The molecular formula is C25H28N4O7. The predicted octanol–water partition coefficient (Wildman–Crippen LogP) is 2.90. The van der Waals surface area contributed by atoms with E-state index in [0.29, 0.717) is 43.2 Å². The van der Waals surface area contributed by atoms with Gasteiger partial charge in [0.15, 0.2) is 6.61 Å². The van der Waals surface area contributed by atoms with E-state index >= 15 is 0 Å². The number of hydrogen-bond donors (Lipinski definition) is 2. The number of para-hydroxylation sites is 1. The first-order valence-electron chi connectivity index (χ1n) is 11.9. The van der Waals surface area contributed by atoms with Gasteiger partial charge in [-0.25, -0.2) is 4.79 Å². The SMILES string of the molecule is O=C(COC(=O)c1cc([N+](=O)[O-])ccc1N1CCOCC1)Nc1ccccc1C(=O)NC1CCCC1. The molecule has 1 aliphatic carbocycles. The molecule has 190 valence electrons. The maximum Gasteiger partial charge on any atom is 0.341 e. The Morgan fingerprint density at radius 1 is 1.06 bits per heavy atom. The summed E-state index contributed by atoms with van der Waals surface area (Å²) < 4.78 is 10.5. The minimum absolute atomic E-state index is 0.00441. The molecule has 11 heteroatoms. The number of ether oxygens (including phenoxy) is 2. The summed E-state index contributed by atoms with van der Waals surface area (Å²) in [4.78, 5) is 50.7. The molecule has 4 rings (SSSR count). The van der Waals surface area contributed by atoms with Crippen LogP contribution in [0.1, 0.15) is 46.4 Å². The highest BCUT2D eigenvalue weighted by atomic mass is 16.6. The Morgan fingerprint density at radius 2 is 1.78 bits per heavy atom. The summed E-state index contributed by atoms with van der Waals surface area (Å²) in [7, 11) is 0. The molecule has 36 heavy (non-hydrogen) atoms. The van der Waals surface area contributed by atoms with Crippen LogP contribution in [-0.4, -0.2) is 61.7 Å². The molecule has 2 amide bonds. The second-order valence-electron chi connectivity index (χ2n) is 8.68. The number of nitrogens with zero attached hydrogens (tertiary/aromatic N) is 2. The molecule has 0 atom stereocenters. The largest absolute Gasteiger partial charge is 0.452 e. The highest BCUT2D eigenvalue weighted by Gasteiger charge is 2.24. The molecule has 0 radical (unpaired) electrons. The van der Waals surface area contributed by atoms with Crippen LogP contribution in [0.15, 0.2) is 42.5 Å². The fourth-order valence-electron chi connectivity index (χ4n) is 4.40. The third-order valence-corrected chi connectivity index (χ3v) is 6.23. The maximum atomic E-state index is 12.9. The monoisotopic (exact) mass is 496 g/mol. The first-order chi connectivity index (χ1) is 17.4. The fourth-order valence-corrected chi connectivity index (χ4v) is 4.40. The Hall–Kier alpha value is -3.99. The van der Waals surface area contributed by atoms with E-state index in [4.69, 9.17) is 9.47 Å². The van der Waals surface area contributed by atoms with Gasteiger partial charge in [0.2, 0.25) is 0 Å². The molecule has 0 bridgehead atoms. The molecule has 11 nitrogen and oxygen atoms in total. The van der Waals surface area contributed by atoms with Crippen molar-refractivity contribution in [2.45, 2.75) is 31.7 Å². The van der Waals surface area contributed by atoms with Crippen molar-refractivity contribution in [3.8, 4) is 0 Å². The molecule has 2 N–H and O–H groups in total. The molecule has 1 heterocycles. The smallest absolute Gasteiger partial charge is 0.341 e. The van der Waals surface area contributed by atoms with Crippen molar-refractivity contribution in [3.63, 3.8) is 0 Å². The number of carbonyl (C=O) groups excluding carboxylic acids is 3. The van der Waals surface area contributed by atoms with E-state index in [1.807, 2.05) is 4.90 Å².